The first-order valence-corrected chi connectivity index (χ1v) is 9.44. The van der Waals surface area contributed by atoms with Crippen LogP contribution in [0.2, 0.25) is 0 Å². The van der Waals surface area contributed by atoms with Crippen molar-refractivity contribution in [1.82, 2.24) is 19.9 Å². The summed E-state index contributed by atoms with van der Waals surface area (Å²) < 4.78 is 11.3. The van der Waals surface area contributed by atoms with Crippen molar-refractivity contribution in [3.8, 4) is 28.6 Å². The van der Waals surface area contributed by atoms with Crippen LogP contribution in [0.5, 0.6) is 17.5 Å². The lowest BCUT2D eigenvalue weighted by molar-refractivity contribution is 0.399. The minimum Gasteiger partial charge on any atom is -0.481 e. The van der Waals surface area contributed by atoms with Crippen LogP contribution in [-0.2, 0) is 6.54 Å². The molecule has 0 N–H and O–H groups in total. The third-order valence-corrected chi connectivity index (χ3v) is 4.46. The van der Waals surface area contributed by atoms with E-state index >= 15 is 0 Å². The lowest BCUT2D eigenvalue weighted by Crippen LogP contribution is -2.18. The van der Waals surface area contributed by atoms with Crippen LogP contribution < -0.4 is 14.4 Å². The molecule has 0 saturated heterocycles. The molecule has 3 heterocycles. The van der Waals surface area contributed by atoms with Crippen molar-refractivity contribution in [3.63, 3.8) is 0 Å². The van der Waals surface area contributed by atoms with Crippen molar-refractivity contribution in [1.29, 1.82) is 0 Å². The van der Waals surface area contributed by atoms with Gasteiger partial charge in [0.15, 0.2) is 5.75 Å². The SMILES string of the molecule is COc1ncccc1-c1cccnc1Oc1cnc(N(C)Cc2ccccc2)nc1. The lowest BCUT2D eigenvalue weighted by Gasteiger charge is -2.17. The average Bonchev–Trinajstić information content (AvgIpc) is 2.80. The average molecular weight is 399 g/mol. The number of aromatic nitrogens is 4. The molecule has 7 nitrogen and oxygen atoms in total. The van der Waals surface area contributed by atoms with Gasteiger partial charge in [0.25, 0.3) is 0 Å². The summed E-state index contributed by atoms with van der Waals surface area (Å²) in [5.41, 5.74) is 2.75. The van der Waals surface area contributed by atoms with Gasteiger partial charge in [0, 0.05) is 37.1 Å². The molecule has 0 spiro atoms. The third kappa shape index (κ3) is 4.35. The van der Waals surface area contributed by atoms with Crippen molar-refractivity contribution in [2.75, 3.05) is 19.1 Å². The molecule has 0 aliphatic rings. The van der Waals surface area contributed by atoms with Crippen molar-refractivity contribution in [2.24, 2.45) is 0 Å². The minimum atomic E-state index is 0.429. The number of rotatable bonds is 7. The van der Waals surface area contributed by atoms with Crippen LogP contribution in [0.15, 0.2) is 79.4 Å². The quantitative estimate of drug-likeness (QED) is 0.457. The van der Waals surface area contributed by atoms with Gasteiger partial charge in [-0.3, -0.25) is 0 Å². The Hall–Kier alpha value is -4.00. The third-order valence-electron chi connectivity index (χ3n) is 4.46. The van der Waals surface area contributed by atoms with Crippen molar-refractivity contribution in [3.05, 3.63) is 84.9 Å². The first-order valence-electron chi connectivity index (χ1n) is 9.44. The Morgan fingerprint density at radius 1 is 0.767 bits per heavy atom. The largest absolute Gasteiger partial charge is 0.481 e. The molecule has 3 aromatic heterocycles. The molecule has 0 unspecified atom stereocenters. The Morgan fingerprint density at radius 3 is 2.07 bits per heavy atom. The van der Waals surface area contributed by atoms with Gasteiger partial charge in [-0.15, -0.1) is 0 Å². The summed E-state index contributed by atoms with van der Waals surface area (Å²) in [5.74, 6) is 2.04. The molecule has 0 fully saturated rings. The normalized spacial score (nSPS) is 10.5. The van der Waals surface area contributed by atoms with Crippen molar-refractivity contribution < 1.29 is 9.47 Å². The molecule has 0 radical (unpaired) electrons. The van der Waals surface area contributed by atoms with Crippen LogP contribution in [0.1, 0.15) is 5.56 Å². The van der Waals surface area contributed by atoms with Gasteiger partial charge in [0.2, 0.25) is 17.7 Å². The highest BCUT2D eigenvalue weighted by molar-refractivity contribution is 5.73. The van der Waals surface area contributed by atoms with Gasteiger partial charge in [-0.05, 0) is 29.8 Å². The van der Waals surface area contributed by atoms with E-state index in [0.29, 0.717) is 30.0 Å². The molecule has 0 amide bonds. The molecule has 30 heavy (non-hydrogen) atoms. The van der Waals surface area contributed by atoms with Gasteiger partial charge in [0.05, 0.1) is 19.5 Å². The number of hydrogen-bond acceptors (Lipinski definition) is 7. The highest BCUT2D eigenvalue weighted by atomic mass is 16.5. The summed E-state index contributed by atoms with van der Waals surface area (Å²) in [5, 5.41) is 0. The van der Waals surface area contributed by atoms with E-state index in [1.54, 1.807) is 31.9 Å². The van der Waals surface area contributed by atoms with Crippen LogP contribution in [0.3, 0.4) is 0 Å². The molecule has 1 aromatic carbocycles. The monoisotopic (exact) mass is 399 g/mol. The van der Waals surface area contributed by atoms with E-state index in [2.05, 4.69) is 32.1 Å². The molecule has 4 rings (SSSR count). The summed E-state index contributed by atoms with van der Waals surface area (Å²) in [6.45, 7) is 0.715. The highest BCUT2D eigenvalue weighted by Crippen LogP contribution is 2.35. The molecule has 0 atom stereocenters. The van der Waals surface area contributed by atoms with E-state index in [4.69, 9.17) is 9.47 Å². The fourth-order valence-corrected chi connectivity index (χ4v) is 3.03. The standard InChI is InChI=1S/C23H21N5O2/c1-28(16-17-8-4-3-5-9-17)23-26-14-18(15-27-23)30-22-20(11-7-13-25-22)19-10-6-12-24-21(19)29-2/h3-15H,16H2,1-2H3. The van der Waals surface area contributed by atoms with E-state index in [9.17, 15) is 0 Å². The Kier molecular flexibility index (Phi) is 5.80. The highest BCUT2D eigenvalue weighted by Gasteiger charge is 2.14. The topological polar surface area (TPSA) is 73.3 Å². The van der Waals surface area contributed by atoms with Crippen LogP contribution in [0, 0.1) is 0 Å². The van der Waals surface area contributed by atoms with E-state index in [0.717, 1.165) is 11.1 Å². The summed E-state index contributed by atoms with van der Waals surface area (Å²) in [4.78, 5) is 19.5. The molecule has 0 aliphatic carbocycles. The van der Waals surface area contributed by atoms with Crippen LogP contribution in [0.4, 0.5) is 5.95 Å². The number of benzene rings is 1. The zero-order valence-electron chi connectivity index (χ0n) is 16.8. The number of hydrogen-bond donors (Lipinski definition) is 0. The summed E-state index contributed by atoms with van der Waals surface area (Å²) in [6.07, 6.45) is 6.63. The fraction of sp³-hybridized carbons (Fsp3) is 0.130. The molecule has 0 aliphatic heterocycles. The number of methoxy groups -OCH3 is 1. The van der Waals surface area contributed by atoms with E-state index in [1.165, 1.54) is 5.56 Å². The molecular formula is C23H21N5O2. The fourth-order valence-electron chi connectivity index (χ4n) is 3.03. The lowest BCUT2D eigenvalue weighted by atomic mass is 10.1. The van der Waals surface area contributed by atoms with Crippen molar-refractivity contribution in [2.45, 2.75) is 6.54 Å². The zero-order chi connectivity index (χ0) is 20.8. The molecule has 4 aromatic rings. The maximum atomic E-state index is 5.98. The van der Waals surface area contributed by atoms with Crippen LogP contribution in [-0.4, -0.2) is 34.1 Å². The summed E-state index contributed by atoms with van der Waals surface area (Å²) in [6, 6.07) is 17.7. The van der Waals surface area contributed by atoms with E-state index < -0.39 is 0 Å². The molecule has 0 bridgehead atoms. The molecule has 7 heteroatoms. The Balaban J connectivity index is 1.53. The van der Waals surface area contributed by atoms with Gasteiger partial charge in [-0.25, -0.2) is 19.9 Å². The molecule has 150 valence electrons. The second-order valence-corrected chi connectivity index (χ2v) is 6.58. The minimum absolute atomic E-state index is 0.429. The molecule has 0 saturated carbocycles. The van der Waals surface area contributed by atoms with Gasteiger partial charge in [-0.1, -0.05) is 30.3 Å². The Labute approximate surface area is 175 Å². The maximum absolute atomic E-state index is 5.98. The van der Waals surface area contributed by atoms with Crippen LogP contribution in [0.25, 0.3) is 11.1 Å². The number of ether oxygens (including phenoxy) is 2. The summed E-state index contributed by atoms with van der Waals surface area (Å²) >= 11 is 0. The number of anilines is 1. The molecular weight excluding hydrogens is 378 g/mol. The van der Waals surface area contributed by atoms with Crippen LogP contribution >= 0.6 is 0 Å². The Morgan fingerprint density at radius 2 is 1.40 bits per heavy atom. The van der Waals surface area contributed by atoms with Gasteiger partial charge in [0.1, 0.15) is 0 Å². The zero-order valence-corrected chi connectivity index (χ0v) is 16.8. The second-order valence-electron chi connectivity index (χ2n) is 6.58. The first-order chi connectivity index (χ1) is 14.7. The van der Waals surface area contributed by atoms with E-state index in [-0.39, 0.29) is 0 Å². The van der Waals surface area contributed by atoms with E-state index in [1.807, 2.05) is 54.4 Å². The number of nitrogens with zero attached hydrogens (tertiary/aromatic N) is 5. The first kappa shape index (κ1) is 19.3. The van der Waals surface area contributed by atoms with Crippen molar-refractivity contribution >= 4 is 5.95 Å². The van der Waals surface area contributed by atoms with Gasteiger partial charge >= 0.3 is 0 Å². The number of pyridine rings is 2. The smallest absolute Gasteiger partial charge is 0.227 e. The predicted molar refractivity (Wildman–Crippen MR) is 115 cm³/mol. The second kappa shape index (κ2) is 9.00. The summed E-state index contributed by atoms with van der Waals surface area (Å²) in [7, 11) is 3.54. The predicted octanol–water partition coefficient (Wildman–Crippen LogP) is 4.37. The van der Waals surface area contributed by atoms with Gasteiger partial charge in [-0.2, -0.15) is 0 Å². The van der Waals surface area contributed by atoms with Gasteiger partial charge < -0.3 is 14.4 Å². The Bertz CT molecular complexity index is 1100. The maximum Gasteiger partial charge on any atom is 0.227 e.